The number of hydrogen-bond donors (Lipinski definition) is 1. The van der Waals surface area contributed by atoms with Crippen molar-refractivity contribution in [2.24, 2.45) is 0 Å². The molecule has 1 aliphatic heterocycles. The first-order valence-electron chi connectivity index (χ1n) is 4.88. The average molecular weight is 222 g/mol. The third kappa shape index (κ3) is 1.32. The van der Waals surface area contributed by atoms with Crippen LogP contribution in [0.2, 0.25) is 0 Å². The van der Waals surface area contributed by atoms with Crippen LogP contribution in [-0.2, 0) is 6.42 Å². The van der Waals surface area contributed by atoms with Gasteiger partial charge in [0.2, 0.25) is 0 Å². The second kappa shape index (κ2) is 3.50. The lowest BCUT2D eigenvalue weighted by Crippen LogP contribution is -2.87. The van der Waals surface area contributed by atoms with Crippen molar-refractivity contribution in [2.75, 3.05) is 6.54 Å². The van der Waals surface area contributed by atoms with Gasteiger partial charge in [-0.1, -0.05) is 6.07 Å². The number of thiophene rings is 2. The quantitative estimate of drug-likeness (QED) is 0.760. The predicted octanol–water partition coefficient (Wildman–Crippen LogP) is 2.02. The van der Waals surface area contributed by atoms with Gasteiger partial charge in [-0.2, -0.15) is 0 Å². The van der Waals surface area contributed by atoms with E-state index in [9.17, 15) is 0 Å². The Morgan fingerprint density at radius 1 is 1.21 bits per heavy atom. The lowest BCUT2D eigenvalue weighted by Gasteiger charge is -2.19. The van der Waals surface area contributed by atoms with Crippen LogP contribution < -0.4 is 5.32 Å². The molecule has 1 atom stereocenters. The minimum Gasteiger partial charge on any atom is -0.335 e. The maximum Gasteiger partial charge on any atom is 0.148 e. The molecule has 0 saturated heterocycles. The maximum absolute atomic E-state index is 2.46. The zero-order valence-electron chi connectivity index (χ0n) is 7.77. The van der Waals surface area contributed by atoms with Crippen molar-refractivity contribution >= 4 is 22.7 Å². The summed E-state index contributed by atoms with van der Waals surface area (Å²) in [6, 6.07) is 7.26. The minimum absolute atomic E-state index is 0.574. The summed E-state index contributed by atoms with van der Waals surface area (Å²) in [5, 5.41) is 6.86. The molecule has 72 valence electrons. The van der Waals surface area contributed by atoms with Crippen LogP contribution in [-0.4, -0.2) is 6.54 Å². The summed E-state index contributed by atoms with van der Waals surface area (Å²) < 4.78 is 0. The third-order valence-corrected chi connectivity index (χ3v) is 4.69. The Morgan fingerprint density at radius 3 is 3.07 bits per heavy atom. The molecule has 14 heavy (non-hydrogen) atoms. The standard InChI is InChI=1S/C11H11NS2/c1-2-10(13-6-1)11-8-4-7-14-9(8)3-5-12-11/h1-2,4,6-7,11-12H,3,5H2/p+1/t11-/m0/s1. The Bertz CT molecular complexity index is 416. The molecule has 2 aromatic heterocycles. The zero-order chi connectivity index (χ0) is 9.38. The molecule has 0 aromatic carbocycles. The van der Waals surface area contributed by atoms with Crippen LogP contribution in [0, 0.1) is 0 Å². The molecule has 0 saturated carbocycles. The Kier molecular flexibility index (Phi) is 2.16. The van der Waals surface area contributed by atoms with Crippen molar-refractivity contribution in [1.29, 1.82) is 0 Å². The first kappa shape index (κ1) is 8.65. The molecule has 0 aliphatic carbocycles. The van der Waals surface area contributed by atoms with Gasteiger partial charge in [-0.25, -0.2) is 0 Å². The summed E-state index contributed by atoms with van der Waals surface area (Å²) in [5.41, 5.74) is 1.55. The van der Waals surface area contributed by atoms with Crippen molar-refractivity contribution in [2.45, 2.75) is 12.5 Å². The van der Waals surface area contributed by atoms with E-state index in [0.717, 1.165) is 0 Å². The highest BCUT2D eigenvalue weighted by molar-refractivity contribution is 7.10. The van der Waals surface area contributed by atoms with E-state index in [1.54, 1.807) is 10.4 Å². The molecule has 0 unspecified atom stereocenters. The van der Waals surface area contributed by atoms with E-state index in [4.69, 9.17) is 0 Å². The van der Waals surface area contributed by atoms with Crippen LogP contribution >= 0.6 is 22.7 Å². The predicted molar refractivity (Wildman–Crippen MR) is 61.0 cm³/mol. The number of fused-ring (bicyclic) bond motifs is 1. The van der Waals surface area contributed by atoms with Gasteiger partial charge in [0.15, 0.2) is 0 Å². The van der Waals surface area contributed by atoms with E-state index >= 15 is 0 Å². The topological polar surface area (TPSA) is 16.6 Å². The Balaban J connectivity index is 2.04. The monoisotopic (exact) mass is 222 g/mol. The fraction of sp³-hybridized carbons (Fsp3) is 0.273. The zero-order valence-corrected chi connectivity index (χ0v) is 9.41. The Morgan fingerprint density at radius 2 is 2.21 bits per heavy atom. The van der Waals surface area contributed by atoms with Crippen LogP contribution in [0.3, 0.4) is 0 Å². The first-order chi connectivity index (χ1) is 6.95. The van der Waals surface area contributed by atoms with Crippen LogP contribution in [0.5, 0.6) is 0 Å². The maximum atomic E-state index is 2.46. The molecule has 3 rings (SSSR count). The van der Waals surface area contributed by atoms with Crippen molar-refractivity contribution < 1.29 is 5.32 Å². The lowest BCUT2D eigenvalue weighted by molar-refractivity contribution is -0.689. The van der Waals surface area contributed by atoms with E-state index in [2.05, 4.69) is 34.3 Å². The second-order valence-electron chi connectivity index (χ2n) is 3.57. The fourth-order valence-electron chi connectivity index (χ4n) is 2.08. The van der Waals surface area contributed by atoms with Gasteiger partial charge in [0, 0.05) is 16.9 Å². The van der Waals surface area contributed by atoms with Gasteiger partial charge in [0.1, 0.15) is 6.04 Å². The molecule has 0 fully saturated rings. The molecule has 0 spiro atoms. The van der Waals surface area contributed by atoms with Gasteiger partial charge in [-0.05, 0) is 22.9 Å². The van der Waals surface area contributed by atoms with Gasteiger partial charge >= 0.3 is 0 Å². The molecule has 0 bridgehead atoms. The van der Waals surface area contributed by atoms with Crippen LogP contribution in [0.4, 0.5) is 0 Å². The molecule has 1 nitrogen and oxygen atoms in total. The average Bonchev–Trinajstić information content (AvgIpc) is 2.88. The summed E-state index contributed by atoms with van der Waals surface area (Å²) in [7, 11) is 0. The summed E-state index contributed by atoms with van der Waals surface area (Å²) in [5.74, 6) is 0. The normalized spacial score (nSPS) is 20.7. The number of rotatable bonds is 1. The third-order valence-electron chi connectivity index (χ3n) is 2.74. The van der Waals surface area contributed by atoms with Gasteiger partial charge in [0.05, 0.1) is 11.4 Å². The van der Waals surface area contributed by atoms with Gasteiger partial charge < -0.3 is 5.32 Å². The van der Waals surface area contributed by atoms with Gasteiger partial charge in [-0.3, -0.25) is 0 Å². The molecule has 3 heteroatoms. The Labute approximate surface area is 91.4 Å². The molecular formula is C11H12NS2+. The highest BCUT2D eigenvalue weighted by atomic mass is 32.1. The molecule has 0 amide bonds. The van der Waals surface area contributed by atoms with Crippen molar-refractivity contribution in [3.05, 3.63) is 44.3 Å². The van der Waals surface area contributed by atoms with E-state index in [1.165, 1.54) is 17.8 Å². The van der Waals surface area contributed by atoms with Crippen LogP contribution in [0.15, 0.2) is 29.0 Å². The van der Waals surface area contributed by atoms with E-state index < -0.39 is 0 Å². The van der Waals surface area contributed by atoms with Gasteiger partial charge in [-0.15, -0.1) is 22.7 Å². The second-order valence-corrected chi connectivity index (χ2v) is 5.55. The lowest BCUT2D eigenvalue weighted by atomic mass is 10.0. The highest BCUT2D eigenvalue weighted by Crippen LogP contribution is 2.30. The molecular weight excluding hydrogens is 210 g/mol. The molecule has 3 heterocycles. The number of hydrogen-bond acceptors (Lipinski definition) is 2. The first-order valence-corrected chi connectivity index (χ1v) is 6.64. The molecule has 1 aliphatic rings. The van der Waals surface area contributed by atoms with Crippen molar-refractivity contribution in [1.82, 2.24) is 0 Å². The van der Waals surface area contributed by atoms with Gasteiger partial charge in [0.25, 0.3) is 0 Å². The van der Waals surface area contributed by atoms with E-state index in [-0.39, 0.29) is 0 Å². The molecule has 0 radical (unpaired) electrons. The number of nitrogens with two attached hydrogens (primary N) is 1. The smallest absolute Gasteiger partial charge is 0.148 e. The largest absolute Gasteiger partial charge is 0.335 e. The molecule has 2 N–H and O–H groups in total. The number of quaternary nitrogens is 1. The van der Waals surface area contributed by atoms with Crippen molar-refractivity contribution in [3.8, 4) is 0 Å². The van der Waals surface area contributed by atoms with E-state index in [0.29, 0.717) is 6.04 Å². The highest BCUT2D eigenvalue weighted by Gasteiger charge is 2.26. The Hall–Kier alpha value is -0.640. The fourth-order valence-corrected chi connectivity index (χ4v) is 3.86. The van der Waals surface area contributed by atoms with Crippen LogP contribution in [0.25, 0.3) is 0 Å². The van der Waals surface area contributed by atoms with E-state index in [1.807, 2.05) is 22.7 Å². The summed E-state index contributed by atoms with van der Waals surface area (Å²) in [6.45, 7) is 1.23. The SMILES string of the molecule is c1csc([C@H]2[NH2+]CCc3sccc32)c1. The molecule has 2 aromatic rings. The van der Waals surface area contributed by atoms with Crippen molar-refractivity contribution in [3.63, 3.8) is 0 Å². The summed E-state index contributed by atoms with van der Waals surface area (Å²) in [6.07, 6.45) is 1.24. The van der Waals surface area contributed by atoms with Crippen LogP contribution in [0.1, 0.15) is 21.4 Å². The minimum atomic E-state index is 0.574. The summed E-state index contributed by atoms with van der Waals surface area (Å²) >= 11 is 3.78. The summed E-state index contributed by atoms with van der Waals surface area (Å²) in [4.78, 5) is 3.08.